The fourth-order valence-electron chi connectivity index (χ4n) is 3.56. The third-order valence-corrected chi connectivity index (χ3v) is 5.23. The average molecular weight is 415 g/mol. The third-order valence-electron chi connectivity index (χ3n) is 5.23. The van der Waals surface area contributed by atoms with Crippen LogP contribution in [-0.4, -0.2) is 23.3 Å². The molecule has 158 valence electrons. The molecule has 0 bridgehead atoms. The number of carbonyl (C=O) groups excluding carboxylic acids is 2. The van der Waals surface area contributed by atoms with Crippen LogP contribution < -0.4 is 15.0 Å². The molecule has 1 aliphatic heterocycles. The smallest absolute Gasteiger partial charge is 0.251 e. The fraction of sp³-hybridized carbons (Fsp3) is 0.240. The van der Waals surface area contributed by atoms with Crippen LogP contribution in [0.4, 0.5) is 5.69 Å². The van der Waals surface area contributed by atoms with E-state index in [1.165, 1.54) is 0 Å². The van der Waals surface area contributed by atoms with Crippen molar-refractivity contribution in [2.75, 3.05) is 11.4 Å². The summed E-state index contributed by atoms with van der Waals surface area (Å²) >= 11 is 0. The molecule has 0 unspecified atom stereocenters. The molecule has 0 saturated carbocycles. The second-order valence-corrected chi connectivity index (χ2v) is 7.51. The quantitative estimate of drug-likeness (QED) is 0.630. The fourth-order valence-corrected chi connectivity index (χ4v) is 3.56. The molecule has 1 saturated heterocycles. The van der Waals surface area contributed by atoms with Gasteiger partial charge in [0.15, 0.2) is 0 Å². The summed E-state index contributed by atoms with van der Waals surface area (Å²) in [5.74, 6) is 0.362. The van der Waals surface area contributed by atoms with Gasteiger partial charge in [-0.3, -0.25) is 9.59 Å². The predicted molar refractivity (Wildman–Crippen MR) is 119 cm³/mol. The number of hydrogen-bond acceptors (Lipinski definition) is 4. The van der Waals surface area contributed by atoms with Crippen LogP contribution in [-0.2, 0) is 17.9 Å². The van der Waals surface area contributed by atoms with E-state index >= 15 is 0 Å². The lowest BCUT2D eigenvalue weighted by atomic mass is 10.1. The topological polar surface area (TPSA) is 71.5 Å². The Balaban J connectivity index is 1.35. The number of pyridine rings is 1. The van der Waals surface area contributed by atoms with E-state index in [0.29, 0.717) is 31.0 Å². The summed E-state index contributed by atoms with van der Waals surface area (Å²) in [5.41, 5.74) is 3.35. The Morgan fingerprint density at radius 1 is 1.00 bits per heavy atom. The minimum Gasteiger partial charge on any atom is -0.473 e. The lowest BCUT2D eigenvalue weighted by Gasteiger charge is -2.27. The molecule has 0 atom stereocenters. The monoisotopic (exact) mass is 415 g/mol. The molecule has 2 amide bonds. The average Bonchev–Trinajstić information content (AvgIpc) is 2.82. The van der Waals surface area contributed by atoms with Crippen LogP contribution in [0.5, 0.6) is 5.88 Å². The first kappa shape index (κ1) is 20.6. The minimum atomic E-state index is -0.202. The summed E-state index contributed by atoms with van der Waals surface area (Å²) < 4.78 is 5.71. The van der Waals surface area contributed by atoms with Crippen molar-refractivity contribution in [3.05, 3.63) is 89.6 Å². The zero-order chi connectivity index (χ0) is 21.5. The van der Waals surface area contributed by atoms with Gasteiger partial charge in [-0.25, -0.2) is 4.98 Å². The molecule has 0 spiro atoms. The van der Waals surface area contributed by atoms with Crippen LogP contribution in [0.25, 0.3) is 0 Å². The van der Waals surface area contributed by atoms with Gasteiger partial charge in [-0.1, -0.05) is 42.5 Å². The van der Waals surface area contributed by atoms with Gasteiger partial charge in [-0.05, 0) is 42.2 Å². The van der Waals surface area contributed by atoms with Gasteiger partial charge in [0.1, 0.15) is 6.61 Å². The molecule has 31 heavy (non-hydrogen) atoms. The third kappa shape index (κ3) is 5.48. The zero-order valence-electron chi connectivity index (χ0n) is 17.3. The van der Waals surface area contributed by atoms with Gasteiger partial charge in [0.05, 0.1) is 0 Å². The Bertz CT molecular complexity index is 1050. The van der Waals surface area contributed by atoms with Crippen LogP contribution in [0, 0.1) is 0 Å². The first-order valence-electron chi connectivity index (χ1n) is 10.5. The highest BCUT2D eigenvalue weighted by atomic mass is 16.5. The molecule has 2 aromatic carbocycles. The SMILES string of the molecule is O=C(NCc1cccc(N2CCCCC2=O)c1)c1ccnc(OCc2ccccc2)c1. The van der Waals surface area contributed by atoms with Crippen LogP contribution >= 0.6 is 0 Å². The van der Waals surface area contributed by atoms with Crippen LogP contribution in [0.15, 0.2) is 72.9 Å². The standard InChI is InChI=1S/C25H25N3O3/c29-24-11-4-5-14-28(24)22-10-6-9-20(15-22)17-27-25(30)21-12-13-26-23(16-21)31-18-19-7-2-1-3-8-19/h1-3,6-10,12-13,15-16H,4-5,11,14,17-18H2,(H,27,30). The molecule has 6 heteroatoms. The molecule has 1 N–H and O–H groups in total. The highest BCUT2D eigenvalue weighted by Gasteiger charge is 2.19. The Morgan fingerprint density at radius 3 is 2.68 bits per heavy atom. The Morgan fingerprint density at radius 2 is 1.84 bits per heavy atom. The normalized spacial score (nSPS) is 13.7. The van der Waals surface area contributed by atoms with Gasteiger partial charge in [0.2, 0.25) is 11.8 Å². The van der Waals surface area contributed by atoms with Gasteiger partial charge < -0.3 is 15.0 Å². The molecular weight excluding hydrogens is 390 g/mol. The minimum absolute atomic E-state index is 0.159. The molecule has 1 fully saturated rings. The second kappa shape index (κ2) is 9.89. The van der Waals surface area contributed by atoms with Crippen molar-refractivity contribution in [1.82, 2.24) is 10.3 Å². The van der Waals surface area contributed by atoms with E-state index in [9.17, 15) is 9.59 Å². The highest BCUT2D eigenvalue weighted by molar-refractivity contribution is 5.95. The number of ether oxygens (including phenoxy) is 1. The first-order valence-corrected chi connectivity index (χ1v) is 10.5. The first-order chi connectivity index (χ1) is 15.2. The lowest BCUT2D eigenvalue weighted by molar-refractivity contribution is -0.119. The van der Waals surface area contributed by atoms with Crippen molar-refractivity contribution < 1.29 is 14.3 Å². The maximum atomic E-state index is 12.6. The molecule has 1 aromatic heterocycles. The molecule has 6 nitrogen and oxygen atoms in total. The number of hydrogen-bond donors (Lipinski definition) is 1. The van der Waals surface area contributed by atoms with E-state index in [-0.39, 0.29) is 11.8 Å². The maximum absolute atomic E-state index is 12.6. The van der Waals surface area contributed by atoms with E-state index in [1.54, 1.807) is 18.3 Å². The number of amides is 2. The highest BCUT2D eigenvalue weighted by Crippen LogP contribution is 2.22. The van der Waals surface area contributed by atoms with Gasteiger partial charge in [0.25, 0.3) is 5.91 Å². The number of carbonyl (C=O) groups is 2. The number of rotatable bonds is 7. The molecule has 2 heterocycles. The van der Waals surface area contributed by atoms with Crippen molar-refractivity contribution in [3.8, 4) is 5.88 Å². The number of benzene rings is 2. The van der Waals surface area contributed by atoms with Crippen molar-refractivity contribution in [1.29, 1.82) is 0 Å². The number of nitrogens with zero attached hydrogens (tertiary/aromatic N) is 2. The summed E-state index contributed by atoms with van der Waals surface area (Å²) in [6.45, 7) is 1.51. The summed E-state index contributed by atoms with van der Waals surface area (Å²) in [6, 6.07) is 20.9. The largest absolute Gasteiger partial charge is 0.473 e. The van der Waals surface area contributed by atoms with Crippen LogP contribution in [0.3, 0.4) is 0 Å². The van der Waals surface area contributed by atoms with Gasteiger partial charge >= 0.3 is 0 Å². The number of nitrogens with one attached hydrogen (secondary N) is 1. The maximum Gasteiger partial charge on any atom is 0.251 e. The van der Waals surface area contributed by atoms with E-state index in [2.05, 4.69) is 10.3 Å². The summed E-state index contributed by atoms with van der Waals surface area (Å²) in [5, 5.41) is 2.93. The molecule has 4 rings (SSSR count). The van der Waals surface area contributed by atoms with Crippen molar-refractivity contribution in [2.24, 2.45) is 0 Å². The van der Waals surface area contributed by atoms with E-state index < -0.39 is 0 Å². The van der Waals surface area contributed by atoms with E-state index in [0.717, 1.165) is 36.2 Å². The summed E-state index contributed by atoms with van der Waals surface area (Å²) in [4.78, 5) is 30.8. The number of piperidine rings is 1. The number of anilines is 1. The number of aromatic nitrogens is 1. The summed E-state index contributed by atoms with van der Waals surface area (Å²) in [6.07, 6.45) is 4.13. The van der Waals surface area contributed by atoms with Crippen LogP contribution in [0.2, 0.25) is 0 Å². The summed E-state index contributed by atoms with van der Waals surface area (Å²) in [7, 11) is 0. The molecular formula is C25H25N3O3. The zero-order valence-corrected chi connectivity index (χ0v) is 17.3. The van der Waals surface area contributed by atoms with E-state index in [4.69, 9.17) is 4.74 Å². The Labute approximate surface area is 181 Å². The Kier molecular flexibility index (Phi) is 6.57. The van der Waals surface area contributed by atoms with Gasteiger partial charge in [-0.15, -0.1) is 0 Å². The van der Waals surface area contributed by atoms with Gasteiger partial charge in [-0.2, -0.15) is 0 Å². The van der Waals surface area contributed by atoms with E-state index in [1.807, 2.05) is 59.5 Å². The Hall–Kier alpha value is -3.67. The van der Waals surface area contributed by atoms with Crippen molar-refractivity contribution in [2.45, 2.75) is 32.4 Å². The van der Waals surface area contributed by atoms with Gasteiger partial charge in [0, 0.05) is 43.0 Å². The van der Waals surface area contributed by atoms with Crippen LogP contribution in [0.1, 0.15) is 40.7 Å². The lowest BCUT2D eigenvalue weighted by Crippen LogP contribution is -2.35. The molecule has 3 aromatic rings. The molecule has 0 radical (unpaired) electrons. The molecule has 1 aliphatic rings. The second-order valence-electron chi connectivity index (χ2n) is 7.51. The predicted octanol–water partition coefficient (Wildman–Crippen LogP) is 4.11. The van der Waals surface area contributed by atoms with Crippen molar-refractivity contribution in [3.63, 3.8) is 0 Å². The van der Waals surface area contributed by atoms with Crippen molar-refractivity contribution >= 4 is 17.5 Å². The molecule has 0 aliphatic carbocycles.